The largest absolute Gasteiger partial charge is 0.373 e. The van der Waals surface area contributed by atoms with E-state index in [1.54, 1.807) is 6.92 Å². The summed E-state index contributed by atoms with van der Waals surface area (Å²) in [4.78, 5) is 27.2. The molecular weight excluding hydrogens is 519 g/mol. The zero-order valence-electron chi connectivity index (χ0n) is 16.7. The maximum Gasteiger partial charge on any atom is 0.328 e. The highest BCUT2D eigenvalue weighted by Crippen LogP contribution is 2.33. The van der Waals surface area contributed by atoms with Gasteiger partial charge in [-0.2, -0.15) is 5.90 Å². The van der Waals surface area contributed by atoms with E-state index < -0.39 is 57.1 Å². The molecule has 8 nitrogen and oxygen atoms in total. The van der Waals surface area contributed by atoms with Gasteiger partial charge in [0.15, 0.2) is 14.7 Å². The van der Waals surface area contributed by atoms with Gasteiger partial charge in [-0.3, -0.25) is 9.59 Å². The molecule has 0 fully saturated rings. The van der Waals surface area contributed by atoms with Crippen LogP contribution in [0, 0.1) is 5.92 Å². The van der Waals surface area contributed by atoms with Crippen LogP contribution in [-0.4, -0.2) is 50.1 Å². The van der Waals surface area contributed by atoms with E-state index in [1.165, 1.54) is 24.3 Å². The third kappa shape index (κ3) is 9.65. The first-order chi connectivity index (χ1) is 13.4. The van der Waals surface area contributed by atoms with Crippen LogP contribution in [0.25, 0.3) is 0 Å². The summed E-state index contributed by atoms with van der Waals surface area (Å²) in [5.74, 6) is 1.32. The fraction of sp³-hybridized carbons (Fsp3) is 0.529. The van der Waals surface area contributed by atoms with E-state index in [1.807, 2.05) is 0 Å². The summed E-state index contributed by atoms with van der Waals surface area (Å²) < 4.78 is 37.3. The van der Waals surface area contributed by atoms with Crippen LogP contribution in [-0.2, 0) is 24.3 Å². The summed E-state index contributed by atoms with van der Waals surface area (Å²) in [7, 11) is -3.47. The second kappa shape index (κ2) is 14.3. The molecule has 1 aromatic carbocycles. The molecule has 0 heterocycles. The van der Waals surface area contributed by atoms with Crippen molar-refractivity contribution in [3.05, 3.63) is 29.8 Å². The lowest BCUT2D eigenvalue weighted by Crippen LogP contribution is -2.47. The van der Waals surface area contributed by atoms with Gasteiger partial charge in [-0.05, 0) is 31.0 Å². The number of alkyl halides is 3. The maximum atomic E-state index is 13.9. The Balaban J connectivity index is 0. The number of sulfone groups is 1. The standard InChI is InChI=1S/C17H24Cl2FN3O5S.2ClH/c1-9(21)7-12(17(25)28-22)14(13(8-20)23-16(24)15(18)19)10-3-5-11(6-4-10)29(2,26)27;;/h3-6,9,12-15H,7-8,21-22H2,1-2H3,(H,23,24);2*1H/t9?,12?,13-,14+;;/m1../s1. The van der Waals surface area contributed by atoms with Crippen molar-refractivity contribution in [3.8, 4) is 0 Å². The smallest absolute Gasteiger partial charge is 0.328 e. The van der Waals surface area contributed by atoms with Gasteiger partial charge in [0.25, 0.3) is 5.91 Å². The van der Waals surface area contributed by atoms with Crippen molar-refractivity contribution in [1.29, 1.82) is 0 Å². The molecule has 1 amide bonds. The molecule has 14 heteroatoms. The Morgan fingerprint density at radius 3 is 2.06 bits per heavy atom. The van der Waals surface area contributed by atoms with Crippen LogP contribution in [0.4, 0.5) is 4.39 Å². The summed E-state index contributed by atoms with van der Waals surface area (Å²) in [6, 6.07) is 3.77. The maximum absolute atomic E-state index is 13.9. The molecule has 0 radical (unpaired) electrons. The molecule has 4 atom stereocenters. The van der Waals surface area contributed by atoms with Crippen LogP contribution < -0.4 is 16.9 Å². The van der Waals surface area contributed by atoms with Gasteiger partial charge in [-0.1, -0.05) is 35.3 Å². The van der Waals surface area contributed by atoms with Gasteiger partial charge in [0.1, 0.15) is 6.67 Å². The fourth-order valence-electron chi connectivity index (χ4n) is 3.03. The van der Waals surface area contributed by atoms with E-state index in [-0.39, 0.29) is 36.1 Å². The number of rotatable bonds is 10. The number of carbonyl (C=O) groups is 2. The van der Waals surface area contributed by atoms with Crippen LogP contribution in [0.5, 0.6) is 0 Å². The Morgan fingerprint density at radius 2 is 1.71 bits per heavy atom. The first kappa shape index (κ1) is 32.3. The van der Waals surface area contributed by atoms with E-state index in [9.17, 15) is 22.4 Å². The lowest BCUT2D eigenvalue weighted by atomic mass is 9.78. The van der Waals surface area contributed by atoms with Crippen LogP contribution >= 0.6 is 48.0 Å². The van der Waals surface area contributed by atoms with Crippen LogP contribution in [0.15, 0.2) is 29.2 Å². The number of halogens is 5. The van der Waals surface area contributed by atoms with Crippen LogP contribution in [0.1, 0.15) is 24.8 Å². The van der Waals surface area contributed by atoms with Crippen molar-refractivity contribution in [1.82, 2.24) is 5.32 Å². The monoisotopic (exact) mass is 543 g/mol. The lowest BCUT2D eigenvalue weighted by molar-refractivity contribution is -0.151. The average Bonchev–Trinajstić information content (AvgIpc) is 2.64. The summed E-state index contributed by atoms with van der Waals surface area (Å²) in [6.07, 6.45) is 1.10. The van der Waals surface area contributed by atoms with E-state index >= 15 is 0 Å². The van der Waals surface area contributed by atoms with Gasteiger partial charge >= 0.3 is 5.97 Å². The molecule has 1 rings (SSSR count). The number of hydrogen-bond acceptors (Lipinski definition) is 7. The molecule has 180 valence electrons. The molecule has 0 saturated heterocycles. The van der Waals surface area contributed by atoms with Crippen molar-refractivity contribution < 1.29 is 27.2 Å². The van der Waals surface area contributed by atoms with Gasteiger partial charge in [0, 0.05) is 18.2 Å². The minimum Gasteiger partial charge on any atom is -0.373 e. The van der Waals surface area contributed by atoms with E-state index in [4.69, 9.17) is 34.8 Å². The highest BCUT2D eigenvalue weighted by molar-refractivity contribution is 7.90. The van der Waals surface area contributed by atoms with Crippen molar-refractivity contribution in [3.63, 3.8) is 0 Å². The Morgan fingerprint density at radius 1 is 1.19 bits per heavy atom. The molecule has 5 N–H and O–H groups in total. The topological polar surface area (TPSA) is 142 Å². The van der Waals surface area contributed by atoms with Crippen molar-refractivity contribution in [2.24, 2.45) is 17.5 Å². The van der Waals surface area contributed by atoms with E-state index in [0.29, 0.717) is 5.56 Å². The molecule has 0 aromatic heterocycles. The van der Waals surface area contributed by atoms with Gasteiger partial charge in [-0.25, -0.2) is 12.8 Å². The molecule has 1 aromatic rings. The molecular formula is C17H26Cl4FN3O5S. The van der Waals surface area contributed by atoms with E-state index in [2.05, 4.69) is 10.2 Å². The molecule has 0 aliphatic carbocycles. The third-order valence-electron chi connectivity index (χ3n) is 4.30. The minimum atomic E-state index is -3.47. The molecule has 0 saturated carbocycles. The normalized spacial score (nSPS) is 15.0. The molecule has 0 aliphatic heterocycles. The molecule has 31 heavy (non-hydrogen) atoms. The average molecular weight is 545 g/mol. The SMILES string of the molecule is CC(N)CC(C(=O)ON)[C@H](c1ccc(S(C)(=O)=O)cc1)[C@@H](CF)NC(=O)C(Cl)Cl.Cl.Cl. The first-order valence-corrected chi connectivity index (χ1v) is 11.3. The van der Waals surface area contributed by atoms with Crippen molar-refractivity contribution >= 4 is 69.7 Å². The summed E-state index contributed by atoms with van der Waals surface area (Å²) in [5, 5.41) is 2.36. The van der Waals surface area contributed by atoms with Crippen molar-refractivity contribution in [2.75, 3.05) is 12.9 Å². The zero-order chi connectivity index (χ0) is 22.4. The highest BCUT2D eigenvalue weighted by Gasteiger charge is 2.38. The molecule has 2 unspecified atom stereocenters. The molecule has 0 bridgehead atoms. The third-order valence-corrected chi connectivity index (χ3v) is 5.82. The summed E-state index contributed by atoms with van der Waals surface area (Å²) >= 11 is 11.1. The van der Waals surface area contributed by atoms with Crippen LogP contribution in [0.3, 0.4) is 0 Å². The number of amides is 1. The number of hydrogen-bond donors (Lipinski definition) is 3. The number of benzene rings is 1. The second-order valence-corrected chi connectivity index (χ2v) is 9.81. The first-order valence-electron chi connectivity index (χ1n) is 8.53. The van der Waals surface area contributed by atoms with E-state index in [0.717, 1.165) is 6.26 Å². The predicted octanol–water partition coefficient (Wildman–Crippen LogP) is 2.05. The Kier molecular flexibility index (Phi) is 14.9. The number of nitrogens with two attached hydrogens (primary N) is 2. The second-order valence-electron chi connectivity index (χ2n) is 6.69. The predicted molar refractivity (Wildman–Crippen MR) is 122 cm³/mol. The van der Waals surface area contributed by atoms with Gasteiger partial charge in [0.2, 0.25) is 0 Å². The number of nitrogens with one attached hydrogen (secondary N) is 1. The Bertz CT molecular complexity index is 812. The highest BCUT2D eigenvalue weighted by atomic mass is 35.5. The fourth-order valence-corrected chi connectivity index (χ4v) is 3.79. The number of carbonyl (C=O) groups excluding carboxylic acids is 2. The summed E-state index contributed by atoms with van der Waals surface area (Å²) in [6.45, 7) is 0.565. The minimum absolute atomic E-state index is 0. The summed E-state index contributed by atoms with van der Waals surface area (Å²) in [5.41, 5.74) is 6.20. The van der Waals surface area contributed by atoms with Gasteiger partial charge < -0.3 is 15.9 Å². The van der Waals surface area contributed by atoms with Crippen LogP contribution in [0.2, 0.25) is 0 Å². The lowest BCUT2D eigenvalue weighted by Gasteiger charge is -2.32. The quantitative estimate of drug-likeness (QED) is 0.302. The van der Waals surface area contributed by atoms with Gasteiger partial charge in [-0.15, -0.1) is 24.8 Å². The Hall–Kier alpha value is -0.880. The molecule has 0 aliphatic rings. The van der Waals surface area contributed by atoms with Crippen molar-refractivity contribution in [2.45, 2.75) is 41.1 Å². The zero-order valence-corrected chi connectivity index (χ0v) is 20.6. The molecule has 0 spiro atoms. The Labute approximate surface area is 203 Å². The van der Waals surface area contributed by atoms with Gasteiger partial charge in [0.05, 0.1) is 16.9 Å².